The maximum Gasteiger partial charge on any atom is 0.326 e. The lowest BCUT2D eigenvalue weighted by Crippen LogP contribution is -2.35. The minimum absolute atomic E-state index is 0.0867. The van der Waals surface area contributed by atoms with Gasteiger partial charge in [0.1, 0.15) is 11.9 Å². The van der Waals surface area contributed by atoms with Crippen LogP contribution in [-0.2, 0) is 4.79 Å². The standard InChI is InChI=1S/C12H15FN2O3/c1-6(2)10(12(17)18)15-8-5-3-4-7(13)9(8)11(14)16/h3-6,10,15H,1-2H3,(H2,14,16)(H,17,18). The lowest BCUT2D eigenvalue weighted by Gasteiger charge is -2.20. The number of carbonyl (C=O) groups is 2. The third-order valence-corrected chi connectivity index (χ3v) is 2.50. The van der Waals surface area contributed by atoms with Gasteiger partial charge in [-0.1, -0.05) is 19.9 Å². The van der Waals surface area contributed by atoms with Gasteiger partial charge in [-0.3, -0.25) is 4.79 Å². The number of aliphatic carboxylic acids is 1. The summed E-state index contributed by atoms with van der Waals surface area (Å²) in [5, 5.41) is 11.7. The smallest absolute Gasteiger partial charge is 0.326 e. The number of amides is 1. The number of carboxylic acid groups (broad SMARTS) is 1. The maximum absolute atomic E-state index is 13.5. The van der Waals surface area contributed by atoms with Gasteiger partial charge < -0.3 is 16.2 Å². The summed E-state index contributed by atoms with van der Waals surface area (Å²) in [5.41, 5.74) is 4.83. The number of anilines is 1. The second-order valence-electron chi connectivity index (χ2n) is 4.23. The topological polar surface area (TPSA) is 92.4 Å². The van der Waals surface area contributed by atoms with E-state index >= 15 is 0 Å². The molecule has 98 valence electrons. The molecule has 0 saturated carbocycles. The van der Waals surface area contributed by atoms with E-state index in [1.165, 1.54) is 12.1 Å². The fraction of sp³-hybridized carbons (Fsp3) is 0.333. The van der Waals surface area contributed by atoms with Gasteiger partial charge in [0.05, 0.1) is 11.3 Å². The molecule has 1 rings (SSSR count). The average Bonchev–Trinajstić information content (AvgIpc) is 2.24. The number of rotatable bonds is 5. The second-order valence-corrected chi connectivity index (χ2v) is 4.23. The van der Waals surface area contributed by atoms with Crippen molar-refractivity contribution in [3.63, 3.8) is 0 Å². The normalized spacial score (nSPS) is 12.2. The minimum atomic E-state index is -1.08. The first-order chi connectivity index (χ1) is 8.34. The van der Waals surface area contributed by atoms with Crippen molar-refractivity contribution >= 4 is 17.6 Å². The molecular weight excluding hydrogens is 239 g/mol. The molecule has 4 N–H and O–H groups in total. The van der Waals surface area contributed by atoms with Gasteiger partial charge in [0, 0.05) is 0 Å². The van der Waals surface area contributed by atoms with Gasteiger partial charge in [-0.25, -0.2) is 9.18 Å². The summed E-state index contributed by atoms with van der Waals surface area (Å²) in [6, 6.07) is 2.96. The number of hydrogen-bond acceptors (Lipinski definition) is 3. The van der Waals surface area contributed by atoms with Crippen molar-refractivity contribution in [2.45, 2.75) is 19.9 Å². The molecule has 1 aromatic rings. The summed E-state index contributed by atoms with van der Waals surface area (Å²) in [6.45, 7) is 3.41. The number of carbonyl (C=O) groups excluding carboxylic acids is 1. The van der Waals surface area contributed by atoms with Crippen LogP contribution in [0.1, 0.15) is 24.2 Å². The molecule has 0 radical (unpaired) electrons. The molecule has 0 saturated heterocycles. The highest BCUT2D eigenvalue weighted by atomic mass is 19.1. The van der Waals surface area contributed by atoms with Crippen molar-refractivity contribution in [1.82, 2.24) is 0 Å². The first-order valence-electron chi connectivity index (χ1n) is 5.42. The second kappa shape index (κ2) is 5.48. The number of primary amides is 1. The zero-order valence-electron chi connectivity index (χ0n) is 10.1. The Morgan fingerprint density at radius 3 is 2.44 bits per heavy atom. The van der Waals surface area contributed by atoms with Crippen LogP contribution in [0.5, 0.6) is 0 Å². The number of carboxylic acids is 1. The van der Waals surface area contributed by atoms with Crippen LogP contribution < -0.4 is 11.1 Å². The van der Waals surface area contributed by atoms with Gasteiger partial charge in [-0.15, -0.1) is 0 Å². The number of nitrogens with two attached hydrogens (primary N) is 1. The predicted molar refractivity (Wildman–Crippen MR) is 64.8 cm³/mol. The van der Waals surface area contributed by atoms with Crippen molar-refractivity contribution in [2.24, 2.45) is 11.7 Å². The van der Waals surface area contributed by atoms with Crippen molar-refractivity contribution in [3.05, 3.63) is 29.6 Å². The summed E-state index contributed by atoms with van der Waals surface area (Å²) >= 11 is 0. The highest BCUT2D eigenvalue weighted by molar-refractivity contribution is 5.99. The summed E-state index contributed by atoms with van der Waals surface area (Å²) in [6.07, 6.45) is 0. The molecular formula is C12H15FN2O3. The Morgan fingerprint density at radius 1 is 1.39 bits per heavy atom. The van der Waals surface area contributed by atoms with E-state index in [9.17, 15) is 14.0 Å². The van der Waals surface area contributed by atoms with Crippen LogP contribution in [0.25, 0.3) is 0 Å². The zero-order valence-corrected chi connectivity index (χ0v) is 10.1. The summed E-state index contributed by atoms with van der Waals surface area (Å²) in [7, 11) is 0. The van der Waals surface area contributed by atoms with Crippen molar-refractivity contribution in [2.75, 3.05) is 5.32 Å². The lowest BCUT2D eigenvalue weighted by atomic mass is 10.0. The molecule has 6 heteroatoms. The van der Waals surface area contributed by atoms with Crippen LogP contribution in [0, 0.1) is 11.7 Å². The highest BCUT2D eigenvalue weighted by Crippen LogP contribution is 2.21. The van der Waals surface area contributed by atoms with Crippen molar-refractivity contribution < 1.29 is 19.1 Å². The van der Waals surface area contributed by atoms with E-state index < -0.39 is 23.7 Å². The van der Waals surface area contributed by atoms with E-state index in [0.717, 1.165) is 6.07 Å². The van der Waals surface area contributed by atoms with Crippen LogP contribution in [0.3, 0.4) is 0 Å². The first-order valence-corrected chi connectivity index (χ1v) is 5.42. The monoisotopic (exact) mass is 254 g/mol. The molecule has 5 nitrogen and oxygen atoms in total. The van der Waals surface area contributed by atoms with Gasteiger partial charge >= 0.3 is 5.97 Å². The molecule has 1 aromatic carbocycles. The summed E-state index contributed by atoms with van der Waals surface area (Å²) in [5.74, 6) is -3.03. The highest BCUT2D eigenvalue weighted by Gasteiger charge is 2.24. The number of nitrogens with one attached hydrogen (secondary N) is 1. The van der Waals surface area contributed by atoms with Crippen LogP contribution >= 0.6 is 0 Å². The number of halogens is 1. The van der Waals surface area contributed by atoms with Gasteiger partial charge in [-0.05, 0) is 18.1 Å². The summed E-state index contributed by atoms with van der Waals surface area (Å²) in [4.78, 5) is 22.2. The molecule has 0 aliphatic heterocycles. The average molecular weight is 254 g/mol. The molecule has 0 aromatic heterocycles. The van der Waals surface area contributed by atoms with Crippen LogP contribution in [0.2, 0.25) is 0 Å². The Labute approximate surface area is 104 Å². The molecule has 18 heavy (non-hydrogen) atoms. The molecule has 0 aliphatic carbocycles. The van der Waals surface area contributed by atoms with Crippen molar-refractivity contribution in [3.8, 4) is 0 Å². The minimum Gasteiger partial charge on any atom is -0.480 e. The molecule has 1 unspecified atom stereocenters. The third kappa shape index (κ3) is 2.97. The Kier molecular flexibility index (Phi) is 4.25. The lowest BCUT2D eigenvalue weighted by molar-refractivity contribution is -0.138. The van der Waals surface area contributed by atoms with E-state index in [2.05, 4.69) is 5.32 Å². The third-order valence-electron chi connectivity index (χ3n) is 2.50. The SMILES string of the molecule is CC(C)C(Nc1cccc(F)c1C(N)=O)C(=O)O. The fourth-order valence-corrected chi connectivity index (χ4v) is 1.58. The molecule has 0 aliphatic rings. The molecule has 0 heterocycles. The maximum atomic E-state index is 13.5. The molecule has 0 spiro atoms. The Bertz CT molecular complexity index is 474. The molecule has 1 amide bonds. The molecule has 0 fully saturated rings. The Hall–Kier alpha value is -2.11. The van der Waals surface area contributed by atoms with Gasteiger partial charge in [0.15, 0.2) is 0 Å². The van der Waals surface area contributed by atoms with Gasteiger partial charge in [-0.2, -0.15) is 0 Å². The van der Waals surface area contributed by atoms with Crippen LogP contribution in [0.4, 0.5) is 10.1 Å². The van der Waals surface area contributed by atoms with E-state index in [1.807, 2.05) is 0 Å². The molecule has 1 atom stereocenters. The van der Waals surface area contributed by atoms with E-state index in [4.69, 9.17) is 10.8 Å². The summed E-state index contributed by atoms with van der Waals surface area (Å²) < 4.78 is 13.5. The Balaban J connectivity index is 3.14. The first kappa shape index (κ1) is 14.0. The zero-order chi connectivity index (χ0) is 13.9. The van der Waals surface area contributed by atoms with E-state index in [1.54, 1.807) is 13.8 Å². The number of benzene rings is 1. The fourth-order valence-electron chi connectivity index (χ4n) is 1.58. The predicted octanol–water partition coefficient (Wildman–Crippen LogP) is 1.45. The largest absolute Gasteiger partial charge is 0.480 e. The van der Waals surface area contributed by atoms with E-state index in [-0.39, 0.29) is 17.2 Å². The Morgan fingerprint density at radius 2 is 2.00 bits per heavy atom. The van der Waals surface area contributed by atoms with Gasteiger partial charge in [0.2, 0.25) is 0 Å². The van der Waals surface area contributed by atoms with Gasteiger partial charge in [0.25, 0.3) is 5.91 Å². The van der Waals surface area contributed by atoms with E-state index in [0.29, 0.717) is 0 Å². The van der Waals surface area contributed by atoms with Crippen molar-refractivity contribution in [1.29, 1.82) is 0 Å². The van der Waals surface area contributed by atoms with Crippen LogP contribution in [0.15, 0.2) is 18.2 Å². The number of hydrogen-bond donors (Lipinski definition) is 3. The quantitative estimate of drug-likeness (QED) is 0.741. The molecule has 0 bridgehead atoms. The van der Waals surface area contributed by atoms with Crippen LogP contribution in [-0.4, -0.2) is 23.0 Å².